The molecule has 0 saturated heterocycles. The number of nitrogen functional groups attached to an aromatic ring is 1. The van der Waals surface area contributed by atoms with Gasteiger partial charge in [0, 0.05) is 12.2 Å². The minimum Gasteiger partial charge on any atom is -0.490 e. The highest BCUT2D eigenvalue weighted by molar-refractivity contribution is 7.87. The molecule has 34 heavy (non-hydrogen) atoms. The van der Waals surface area contributed by atoms with Crippen LogP contribution in [0.15, 0.2) is 36.4 Å². The number of rotatable bonds is 8. The lowest BCUT2D eigenvalue weighted by atomic mass is 10.0. The molecule has 1 heterocycles. The number of benzene rings is 2. The van der Waals surface area contributed by atoms with Crippen molar-refractivity contribution in [3.63, 3.8) is 0 Å². The lowest BCUT2D eigenvalue weighted by molar-refractivity contribution is -0.145. The summed E-state index contributed by atoms with van der Waals surface area (Å²) in [5, 5.41) is 17.8. The van der Waals surface area contributed by atoms with Crippen LogP contribution in [0.25, 0.3) is 0 Å². The normalized spacial score (nSPS) is 14.6. The number of esters is 1. The molecule has 0 spiro atoms. The van der Waals surface area contributed by atoms with E-state index in [1.807, 2.05) is 0 Å². The first kappa shape index (κ1) is 25.0. The minimum atomic E-state index is -4.36. The predicted molar refractivity (Wildman–Crippen MR) is 119 cm³/mol. The van der Waals surface area contributed by atoms with Gasteiger partial charge in [0.05, 0.1) is 18.6 Å². The van der Waals surface area contributed by atoms with E-state index >= 15 is 0 Å². The van der Waals surface area contributed by atoms with Crippen molar-refractivity contribution in [2.45, 2.75) is 31.8 Å². The van der Waals surface area contributed by atoms with Gasteiger partial charge in [0.1, 0.15) is 6.04 Å². The standard InChI is InChI=1S/C21H23N3O9S/c22-14-4-5-15-13(9-14)2-1-7-32-17-6-3-12(8-18(17)33-21(15)29)11-23-34(30,31)24-16(20(27)28)10-19(25)26/h3-6,8-9,16,23-24H,1-2,7,10-11,22H2,(H,25,26)(H,27,28)/t16-/m0/s1. The lowest BCUT2D eigenvalue weighted by Gasteiger charge is -2.17. The first-order valence-electron chi connectivity index (χ1n) is 10.1. The third-order valence-corrected chi connectivity index (χ3v) is 5.97. The molecule has 0 bridgehead atoms. The van der Waals surface area contributed by atoms with E-state index in [1.54, 1.807) is 29.0 Å². The molecule has 0 aromatic heterocycles. The Bertz CT molecular complexity index is 1210. The molecule has 0 unspecified atom stereocenters. The number of carbonyl (C=O) groups is 3. The molecule has 0 amide bonds. The molecule has 3 rings (SSSR count). The molecule has 1 aliphatic rings. The summed E-state index contributed by atoms with van der Waals surface area (Å²) in [4.78, 5) is 34.6. The van der Waals surface area contributed by atoms with Crippen molar-refractivity contribution < 1.29 is 42.5 Å². The lowest BCUT2D eigenvalue weighted by Crippen LogP contribution is -2.47. The Kier molecular flexibility index (Phi) is 7.71. The highest BCUT2D eigenvalue weighted by Crippen LogP contribution is 2.31. The van der Waals surface area contributed by atoms with E-state index in [4.69, 9.17) is 25.4 Å². The van der Waals surface area contributed by atoms with Crippen LogP contribution < -0.4 is 24.7 Å². The first-order chi connectivity index (χ1) is 16.0. The summed E-state index contributed by atoms with van der Waals surface area (Å²) in [6, 6.07) is 7.51. The number of ether oxygens (including phenoxy) is 2. The van der Waals surface area contributed by atoms with Gasteiger partial charge in [0.2, 0.25) is 0 Å². The summed E-state index contributed by atoms with van der Waals surface area (Å²) in [5.74, 6) is -3.36. The topological polar surface area (TPSA) is 194 Å². The molecule has 182 valence electrons. The maximum atomic E-state index is 12.8. The number of aliphatic carboxylic acids is 2. The SMILES string of the molecule is Nc1ccc2c(c1)CCCOc1ccc(CNS(=O)(=O)N[C@@H](CC(=O)O)C(=O)O)cc1OC2=O. The maximum Gasteiger partial charge on any atom is 0.343 e. The summed E-state index contributed by atoms with van der Waals surface area (Å²) < 4.78 is 39.5. The van der Waals surface area contributed by atoms with E-state index in [-0.39, 0.29) is 12.3 Å². The molecule has 6 N–H and O–H groups in total. The van der Waals surface area contributed by atoms with Gasteiger partial charge >= 0.3 is 17.9 Å². The molecule has 0 aliphatic carbocycles. The summed E-state index contributed by atoms with van der Waals surface area (Å²) in [7, 11) is -4.36. The van der Waals surface area contributed by atoms with Crippen molar-refractivity contribution >= 4 is 33.8 Å². The minimum absolute atomic E-state index is 0.0774. The van der Waals surface area contributed by atoms with Crippen molar-refractivity contribution in [2.24, 2.45) is 0 Å². The number of carboxylic acid groups (broad SMARTS) is 2. The average Bonchev–Trinajstić information content (AvgIpc) is 2.75. The van der Waals surface area contributed by atoms with Crippen LogP contribution in [0.2, 0.25) is 0 Å². The second-order valence-corrected chi connectivity index (χ2v) is 9.00. The van der Waals surface area contributed by atoms with Crippen LogP contribution in [0, 0.1) is 0 Å². The zero-order valence-corrected chi connectivity index (χ0v) is 18.6. The van der Waals surface area contributed by atoms with Gasteiger partial charge in [-0.2, -0.15) is 17.9 Å². The number of carboxylic acids is 2. The molecule has 0 saturated carbocycles. The van der Waals surface area contributed by atoms with Crippen molar-refractivity contribution in [3.8, 4) is 11.5 Å². The van der Waals surface area contributed by atoms with Gasteiger partial charge in [-0.25, -0.2) is 4.79 Å². The van der Waals surface area contributed by atoms with E-state index in [0.29, 0.717) is 42.0 Å². The first-order valence-corrected chi connectivity index (χ1v) is 11.6. The van der Waals surface area contributed by atoms with Crippen LogP contribution in [-0.4, -0.2) is 49.2 Å². The molecule has 1 atom stereocenters. The predicted octanol–water partition coefficient (Wildman–Crippen LogP) is 0.665. The highest BCUT2D eigenvalue weighted by Gasteiger charge is 2.26. The number of nitrogens with one attached hydrogen (secondary N) is 2. The van der Waals surface area contributed by atoms with Crippen LogP contribution in [0.5, 0.6) is 11.5 Å². The van der Waals surface area contributed by atoms with E-state index < -0.39 is 40.6 Å². The fourth-order valence-electron chi connectivity index (χ4n) is 3.24. The molecule has 1 aliphatic heterocycles. The van der Waals surface area contributed by atoms with Crippen molar-refractivity contribution in [1.82, 2.24) is 9.44 Å². The molecule has 0 fully saturated rings. The number of hydrogen-bond acceptors (Lipinski definition) is 8. The highest BCUT2D eigenvalue weighted by atomic mass is 32.2. The van der Waals surface area contributed by atoms with Crippen molar-refractivity contribution in [1.29, 1.82) is 0 Å². The molecule has 2 aromatic rings. The monoisotopic (exact) mass is 493 g/mol. The van der Waals surface area contributed by atoms with Gasteiger partial charge in [0.25, 0.3) is 10.2 Å². The molecular formula is C21H23N3O9S. The van der Waals surface area contributed by atoms with E-state index in [0.717, 1.165) is 5.56 Å². The van der Waals surface area contributed by atoms with Crippen molar-refractivity contribution in [2.75, 3.05) is 12.3 Å². The molecule has 2 aromatic carbocycles. The van der Waals surface area contributed by atoms with Gasteiger partial charge in [-0.15, -0.1) is 0 Å². The zero-order valence-electron chi connectivity index (χ0n) is 17.8. The van der Waals surface area contributed by atoms with E-state index in [1.165, 1.54) is 12.1 Å². The number of carbonyl (C=O) groups excluding carboxylic acids is 1. The van der Waals surface area contributed by atoms with Crippen molar-refractivity contribution in [3.05, 3.63) is 53.1 Å². The van der Waals surface area contributed by atoms with E-state index in [2.05, 4.69) is 4.72 Å². The summed E-state index contributed by atoms with van der Waals surface area (Å²) >= 11 is 0. The number of nitrogens with two attached hydrogens (primary N) is 1. The molecular weight excluding hydrogens is 470 g/mol. The van der Waals surface area contributed by atoms with Gasteiger partial charge < -0.3 is 25.4 Å². The van der Waals surface area contributed by atoms with E-state index in [9.17, 15) is 22.8 Å². The molecule has 13 heteroatoms. The largest absolute Gasteiger partial charge is 0.490 e. The fourth-order valence-corrected chi connectivity index (χ4v) is 4.24. The Morgan fingerprint density at radius 2 is 1.88 bits per heavy atom. The van der Waals surface area contributed by atoms with Crippen LogP contribution in [0.1, 0.15) is 34.3 Å². The third-order valence-electron chi connectivity index (χ3n) is 4.85. The Morgan fingerprint density at radius 1 is 1.12 bits per heavy atom. The number of fused-ring (bicyclic) bond motifs is 2. The second-order valence-electron chi connectivity index (χ2n) is 7.47. The number of hydrogen-bond donors (Lipinski definition) is 5. The molecule has 12 nitrogen and oxygen atoms in total. The number of aryl methyl sites for hydroxylation is 1. The van der Waals surface area contributed by atoms with Crippen LogP contribution >= 0.6 is 0 Å². The summed E-state index contributed by atoms with van der Waals surface area (Å²) in [6.45, 7) is 0.0432. The smallest absolute Gasteiger partial charge is 0.343 e. The van der Waals surface area contributed by atoms with Crippen LogP contribution in [0.3, 0.4) is 0 Å². The average molecular weight is 493 g/mol. The number of anilines is 1. The Morgan fingerprint density at radius 3 is 2.59 bits per heavy atom. The summed E-state index contributed by atoms with van der Waals surface area (Å²) in [6.07, 6.45) is 0.254. The van der Waals surface area contributed by atoms with Gasteiger partial charge in [-0.3, -0.25) is 9.59 Å². The third kappa shape index (κ3) is 6.66. The zero-order chi connectivity index (χ0) is 24.9. The quantitative estimate of drug-likeness (QED) is 0.198. The Labute approximate surface area is 194 Å². The summed E-state index contributed by atoms with van der Waals surface area (Å²) in [5.41, 5.74) is 7.79. The fraction of sp³-hybridized carbons (Fsp3) is 0.286. The second kappa shape index (κ2) is 10.5. The Hall–Kier alpha value is -3.68. The van der Waals surface area contributed by atoms with Gasteiger partial charge in [-0.05, 0) is 54.3 Å². The Balaban J connectivity index is 1.76. The van der Waals surface area contributed by atoms with Gasteiger partial charge in [0.15, 0.2) is 11.5 Å². The van der Waals surface area contributed by atoms with Gasteiger partial charge in [-0.1, -0.05) is 6.07 Å². The van der Waals surface area contributed by atoms with Crippen LogP contribution in [0.4, 0.5) is 5.69 Å². The maximum absolute atomic E-state index is 12.8. The molecule has 0 radical (unpaired) electrons. The van der Waals surface area contributed by atoms with Crippen LogP contribution in [-0.2, 0) is 32.8 Å².